The van der Waals surface area contributed by atoms with Crippen molar-refractivity contribution >= 4 is 11.4 Å². The summed E-state index contributed by atoms with van der Waals surface area (Å²) in [6.07, 6.45) is 4.25. The van der Waals surface area contributed by atoms with Gasteiger partial charge in [0.05, 0.1) is 0 Å². The Morgan fingerprint density at radius 2 is 1.21 bits per heavy atom. The molecule has 0 amide bonds. The number of nitrogens with zero attached hydrogens (tertiary/aromatic N) is 2. The summed E-state index contributed by atoms with van der Waals surface area (Å²) in [5.74, 6) is 0. The van der Waals surface area contributed by atoms with Crippen molar-refractivity contribution in [3.63, 3.8) is 0 Å². The standard InChI is InChI=1S/C11H22N2.Y/c1-7-10(3)12(5)9-13(6)11(4)8-2;/h7-8H,9H2,1-6H3;/b12-10-,13-11-;. The van der Waals surface area contributed by atoms with E-state index in [1.165, 1.54) is 11.4 Å². The van der Waals surface area contributed by atoms with E-state index in [1.807, 2.05) is 0 Å². The van der Waals surface area contributed by atoms with Crippen LogP contribution in [0.15, 0.2) is 0 Å². The van der Waals surface area contributed by atoms with E-state index in [1.54, 1.807) is 0 Å². The minimum absolute atomic E-state index is 0. The molecule has 0 bridgehead atoms. The first-order valence-electron chi connectivity index (χ1n) is 4.71. The van der Waals surface area contributed by atoms with Gasteiger partial charge >= 0.3 is 6.67 Å². The quantitative estimate of drug-likeness (QED) is 0.317. The predicted octanol–water partition coefficient (Wildman–Crippen LogP) is 1.60. The van der Waals surface area contributed by atoms with Crippen molar-refractivity contribution in [1.29, 1.82) is 0 Å². The molecule has 0 aliphatic rings. The molecule has 0 fully saturated rings. The molecule has 0 aromatic rings. The summed E-state index contributed by atoms with van der Waals surface area (Å²) in [5.41, 5.74) is 2.60. The van der Waals surface area contributed by atoms with E-state index >= 15 is 0 Å². The zero-order valence-corrected chi connectivity index (χ0v) is 13.2. The normalized spacial score (nSPS) is 13.6. The van der Waals surface area contributed by atoms with Gasteiger partial charge < -0.3 is 12.8 Å². The van der Waals surface area contributed by atoms with E-state index in [4.69, 9.17) is 0 Å². The van der Waals surface area contributed by atoms with Crippen LogP contribution in [0.4, 0.5) is 0 Å². The second kappa shape index (κ2) is 8.49. The first-order valence-corrected chi connectivity index (χ1v) is 4.71. The van der Waals surface area contributed by atoms with Gasteiger partial charge in [-0.3, -0.25) is 0 Å². The van der Waals surface area contributed by atoms with Crippen molar-refractivity contribution in [3.05, 3.63) is 12.8 Å². The maximum Gasteiger partial charge on any atom is 0.329 e. The van der Waals surface area contributed by atoms with Crippen molar-refractivity contribution in [2.45, 2.75) is 27.7 Å². The molecule has 0 atom stereocenters. The molecule has 0 unspecified atom stereocenters. The van der Waals surface area contributed by atoms with Crippen LogP contribution in [0.2, 0.25) is 0 Å². The Kier molecular flexibility index (Phi) is 10.1. The Morgan fingerprint density at radius 3 is 1.43 bits per heavy atom. The third-order valence-corrected chi connectivity index (χ3v) is 2.46. The fraction of sp³-hybridized carbons (Fsp3) is 0.636. The molecule has 0 aromatic carbocycles. The van der Waals surface area contributed by atoms with Crippen molar-refractivity contribution in [2.24, 2.45) is 0 Å². The van der Waals surface area contributed by atoms with E-state index in [-0.39, 0.29) is 32.7 Å². The molecule has 14 heavy (non-hydrogen) atoms. The van der Waals surface area contributed by atoms with Gasteiger partial charge in [0.1, 0.15) is 14.1 Å². The fourth-order valence-electron chi connectivity index (χ4n) is 0.982. The first-order chi connectivity index (χ1) is 6.02. The van der Waals surface area contributed by atoms with Crippen LogP contribution in [0, 0.1) is 12.8 Å². The summed E-state index contributed by atoms with van der Waals surface area (Å²) < 4.78 is 4.46. The van der Waals surface area contributed by atoms with Gasteiger partial charge in [0.15, 0.2) is 0 Å². The Hall–Kier alpha value is 0.184. The summed E-state index contributed by atoms with van der Waals surface area (Å²) in [4.78, 5) is 0. The van der Waals surface area contributed by atoms with Gasteiger partial charge in [0.2, 0.25) is 0 Å². The van der Waals surface area contributed by atoms with Gasteiger partial charge in [-0.15, -0.1) is 0 Å². The number of hydrogen-bond donors (Lipinski definition) is 0. The summed E-state index contributed by atoms with van der Waals surface area (Å²) in [7, 11) is 4.21. The Morgan fingerprint density at radius 1 is 0.929 bits per heavy atom. The summed E-state index contributed by atoms with van der Waals surface area (Å²) in [5, 5.41) is 0. The predicted molar refractivity (Wildman–Crippen MR) is 58.5 cm³/mol. The topological polar surface area (TPSA) is 6.02 Å². The van der Waals surface area contributed by atoms with Crippen LogP contribution in [0.3, 0.4) is 0 Å². The molecule has 0 saturated carbocycles. The van der Waals surface area contributed by atoms with Crippen LogP contribution in [0.25, 0.3) is 0 Å². The Balaban J connectivity index is 0. The number of rotatable bonds is 4. The van der Waals surface area contributed by atoms with Crippen LogP contribution in [-0.4, -0.2) is 41.3 Å². The van der Waals surface area contributed by atoms with Crippen LogP contribution < -0.4 is 0 Å². The van der Waals surface area contributed by atoms with Crippen molar-refractivity contribution in [2.75, 3.05) is 20.8 Å². The van der Waals surface area contributed by atoms with Crippen LogP contribution in [0.5, 0.6) is 0 Å². The molecule has 0 aromatic heterocycles. The molecule has 0 spiro atoms. The molecular weight excluding hydrogens is 249 g/mol. The van der Waals surface area contributed by atoms with E-state index in [0.717, 1.165) is 6.67 Å². The van der Waals surface area contributed by atoms with Gasteiger partial charge in [-0.2, -0.15) is 13.8 Å². The van der Waals surface area contributed by atoms with Crippen LogP contribution >= 0.6 is 0 Å². The summed E-state index contributed by atoms with van der Waals surface area (Å²) in [6.45, 7) is 9.31. The molecule has 0 heterocycles. The molecule has 2 nitrogen and oxygen atoms in total. The first kappa shape index (κ1) is 16.6. The van der Waals surface area contributed by atoms with Crippen LogP contribution in [-0.2, 0) is 32.7 Å². The molecule has 0 aliphatic heterocycles. The second-order valence-corrected chi connectivity index (χ2v) is 3.40. The van der Waals surface area contributed by atoms with Gasteiger partial charge in [0, 0.05) is 44.1 Å². The maximum absolute atomic E-state index is 2.23. The maximum atomic E-state index is 2.23. The second-order valence-electron chi connectivity index (χ2n) is 3.40. The van der Waals surface area contributed by atoms with Crippen molar-refractivity contribution < 1.29 is 41.9 Å². The largest absolute Gasteiger partial charge is 0.329 e. The van der Waals surface area contributed by atoms with Gasteiger partial charge in [-0.1, -0.05) is 0 Å². The third-order valence-electron chi connectivity index (χ3n) is 2.46. The molecule has 3 heteroatoms. The summed E-state index contributed by atoms with van der Waals surface area (Å²) in [6, 6.07) is 0. The zero-order valence-electron chi connectivity index (χ0n) is 10.3. The molecule has 1 radical (unpaired) electrons. The van der Waals surface area contributed by atoms with E-state index in [2.05, 4.69) is 63.8 Å². The Bertz CT molecular complexity index is 205. The molecule has 0 aliphatic carbocycles. The van der Waals surface area contributed by atoms with Gasteiger partial charge in [-0.05, 0) is 13.8 Å². The van der Waals surface area contributed by atoms with E-state index in [0.29, 0.717) is 0 Å². The van der Waals surface area contributed by atoms with E-state index < -0.39 is 0 Å². The van der Waals surface area contributed by atoms with Crippen LogP contribution in [0.1, 0.15) is 27.7 Å². The molecular formula is C11H22N2Y. The molecule has 0 rings (SSSR count). The molecule has 0 saturated heterocycles. The smallest absolute Gasteiger partial charge is 0.305 e. The molecule has 79 valence electrons. The average molecular weight is 271 g/mol. The van der Waals surface area contributed by atoms with E-state index in [9.17, 15) is 0 Å². The average Bonchev–Trinajstić information content (AvgIpc) is 2.14. The summed E-state index contributed by atoms with van der Waals surface area (Å²) >= 11 is 0. The van der Waals surface area contributed by atoms with Crippen molar-refractivity contribution in [3.8, 4) is 0 Å². The Labute approximate surface area is 114 Å². The minimum atomic E-state index is 0. The molecule has 0 N–H and O–H groups in total. The minimum Gasteiger partial charge on any atom is -0.305 e. The zero-order chi connectivity index (χ0) is 10.4. The third kappa shape index (κ3) is 5.82. The monoisotopic (exact) mass is 271 g/mol. The fourth-order valence-corrected chi connectivity index (χ4v) is 0.982. The number of hydrogen-bond acceptors (Lipinski definition) is 0. The van der Waals surface area contributed by atoms with Gasteiger partial charge in [0.25, 0.3) is 0 Å². The van der Waals surface area contributed by atoms with Gasteiger partial charge in [-0.25, -0.2) is 9.15 Å². The van der Waals surface area contributed by atoms with Crippen molar-refractivity contribution in [1.82, 2.24) is 0 Å². The SMILES string of the molecule is C[CH-]/C(C)=[N+](/C)C/[N+](C)=C(/C)[CH-]C.[Y].